The lowest BCUT2D eigenvalue weighted by Crippen LogP contribution is -2.43. The zero-order valence-corrected chi connectivity index (χ0v) is 15.1. The van der Waals surface area contributed by atoms with Gasteiger partial charge in [-0.15, -0.1) is 0 Å². The van der Waals surface area contributed by atoms with Gasteiger partial charge in [-0.05, 0) is 48.2 Å². The molecule has 2 heterocycles. The maximum absolute atomic E-state index is 14.4. The minimum absolute atomic E-state index is 0.0879. The van der Waals surface area contributed by atoms with Gasteiger partial charge in [0, 0.05) is 23.6 Å². The van der Waals surface area contributed by atoms with Crippen LogP contribution in [0.15, 0.2) is 30.3 Å². The fraction of sp³-hybridized carbons (Fsp3) is 0.238. The first kappa shape index (κ1) is 17.8. The van der Waals surface area contributed by atoms with E-state index in [2.05, 4.69) is 15.6 Å². The number of fused-ring (bicyclic) bond motifs is 5. The van der Waals surface area contributed by atoms with Crippen LogP contribution in [0.1, 0.15) is 23.5 Å². The highest BCUT2D eigenvalue weighted by Gasteiger charge is 2.36. The van der Waals surface area contributed by atoms with Crippen LogP contribution in [0.2, 0.25) is 0 Å². The van der Waals surface area contributed by atoms with Gasteiger partial charge in [-0.2, -0.15) is 0 Å². The summed E-state index contributed by atoms with van der Waals surface area (Å²) in [7, 11) is 0. The molecule has 148 valence electrons. The van der Waals surface area contributed by atoms with E-state index in [1.807, 2.05) is 0 Å². The molecule has 29 heavy (non-hydrogen) atoms. The van der Waals surface area contributed by atoms with E-state index in [-0.39, 0.29) is 23.2 Å². The van der Waals surface area contributed by atoms with E-state index in [0.29, 0.717) is 35.3 Å². The number of hydrogen-bond acceptors (Lipinski definition) is 2. The Kier molecular flexibility index (Phi) is 3.90. The molecular weight excluding hydrogens is 383 g/mol. The topological polar surface area (TPSA) is 74.0 Å². The molecule has 1 aliphatic heterocycles. The third-order valence-corrected chi connectivity index (χ3v) is 5.66. The van der Waals surface area contributed by atoms with Crippen LogP contribution in [0, 0.1) is 17.5 Å². The average Bonchev–Trinajstić information content (AvgIpc) is 3.25. The number of H-pyrrole nitrogens is 1. The van der Waals surface area contributed by atoms with Gasteiger partial charge in [-0.1, -0.05) is 0 Å². The molecule has 1 aromatic heterocycles. The number of nitrogens with one attached hydrogen (secondary N) is 3. The van der Waals surface area contributed by atoms with Crippen molar-refractivity contribution in [3.05, 3.63) is 58.9 Å². The van der Waals surface area contributed by atoms with Crippen molar-refractivity contribution in [3.8, 4) is 11.3 Å². The molecule has 5 nitrogen and oxygen atoms in total. The van der Waals surface area contributed by atoms with Crippen molar-refractivity contribution in [2.24, 2.45) is 0 Å². The molecule has 1 saturated heterocycles. The van der Waals surface area contributed by atoms with Crippen molar-refractivity contribution in [3.63, 3.8) is 0 Å². The summed E-state index contributed by atoms with van der Waals surface area (Å²) < 4.78 is 42.2. The summed E-state index contributed by atoms with van der Waals surface area (Å²) in [6.07, 6.45) is 0.623. The second-order valence-electron chi connectivity index (χ2n) is 7.42. The van der Waals surface area contributed by atoms with Crippen LogP contribution >= 0.6 is 0 Å². The highest BCUT2D eigenvalue weighted by atomic mass is 19.1. The molecule has 5 rings (SSSR count). The molecule has 1 unspecified atom stereocenters. The summed E-state index contributed by atoms with van der Waals surface area (Å²) in [6.45, 7) is 0.469. The summed E-state index contributed by atoms with van der Waals surface area (Å²) >= 11 is 0. The second kappa shape index (κ2) is 6.37. The largest absolute Gasteiger partial charge is 0.354 e. The Balaban J connectivity index is 1.67. The number of halogens is 3. The molecule has 2 amide bonds. The number of hydrogen-bond donors (Lipinski definition) is 3. The predicted molar refractivity (Wildman–Crippen MR) is 99.6 cm³/mol. The van der Waals surface area contributed by atoms with Gasteiger partial charge in [0.05, 0.1) is 17.1 Å². The van der Waals surface area contributed by atoms with Crippen LogP contribution in [0.4, 0.5) is 13.2 Å². The maximum atomic E-state index is 14.4. The first-order chi connectivity index (χ1) is 13.9. The van der Waals surface area contributed by atoms with Crippen molar-refractivity contribution < 1.29 is 22.8 Å². The Morgan fingerprint density at radius 3 is 2.69 bits per heavy atom. The summed E-state index contributed by atoms with van der Waals surface area (Å²) in [5, 5.41) is 5.64. The fourth-order valence-electron chi connectivity index (χ4n) is 4.34. The zero-order chi connectivity index (χ0) is 20.3. The number of amides is 2. The minimum atomic E-state index is -0.817. The highest BCUT2D eigenvalue weighted by Crippen LogP contribution is 2.44. The van der Waals surface area contributed by atoms with E-state index in [1.54, 1.807) is 6.07 Å². The Morgan fingerprint density at radius 1 is 1.10 bits per heavy atom. The highest BCUT2D eigenvalue weighted by molar-refractivity contribution is 6.01. The summed E-state index contributed by atoms with van der Waals surface area (Å²) in [5.41, 5.74) is 2.22. The molecule has 8 heteroatoms. The zero-order valence-electron chi connectivity index (χ0n) is 15.1. The summed E-state index contributed by atoms with van der Waals surface area (Å²) in [4.78, 5) is 27.9. The van der Waals surface area contributed by atoms with Gasteiger partial charge >= 0.3 is 0 Å². The number of benzene rings is 2. The molecule has 2 aromatic carbocycles. The third-order valence-electron chi connectivity index (χ3n) is 5.66. The van der Waals surface area contributed by atoms with Crippen molar-refractivity contribution >= 4 is 22.7 Å². The smallest absolute Gasteiger partial charge is 0.242 e. The first-order valence-corrected chi connectivity index (χ1v) is 9.30. The molecule has 1 fully saturated rings. The lowest BCUT2D eigenvalue weighted by Gasteiger charge is -2.26. The molecular formula is C21H16F3N3O2. The maximum Gasteiger partial charge on any atom is 0.242 e. The van der Waals surface area contributed by atoms with Gasteiger partial charge in [0.1, 0.15) is 23.5 Å². The Labute approximate surface area is 163 Å². The van der Waals surface area contributed by atoms with Crippen molar-refractivity contribution in [1.29, 1.82) is 0 Å². The Hall–Kier alpha value is -3.29. The quantitative estimate of drug-likeness (QED) is 0.620. The summed E-state index contributed by atoms with van der Waals surface area (Å²) in [5.74, 6) is -3.49. The molecule has 0 saturated carbocycles. The molecule has 3 N–H and O–H groups in total. The van der Waals surface area contributed by atoms with Crippen LogP contribution in [0.25, 0.3) is 22.2 Å². The molecule has 2 atom stereocenters. The summed E-state index contributed by atoms with van der Waals surface area (Å²) in [6, 6.07) is 5.49. The van der Waals surface area contributed by atoms with Gasteiger partial charge in [0.15, 0.2) is 0 Å². The van der Waals surface area contributed by atoms with Gasteiger partial charge in [-0.3, -0.25) is 9.59 Å². The van der Waals surface area contributed by atoms with E-state index in [9.17, 15) is 22.8 Å². The molecule has 0 bridgehead atoms. The van der Waals surface area contributed by atoms with Crippen LogP contribution in [-0.4, -0.2) is 29.4 Å². The van der Waals surface area contributed by atoms with E-state index < -0.39 is 35.3 Å². The normalized spacial score (nSPS) is 20.3. The van der Waals surface area contributed by atoms with Crippen molar-refractivity contribution in [2.75, 3.05) is 6.54 Å². The minimum Gasteiger partial charge on any atom is -0.354 e. The SMILES string of the molecule is O=C(N[C@H]1CCNC1=O)C1Cc2cc(F)ccc2-c2[nH]c3c(F)cc(F)cc3c21. The lowest BCUT2D eigenvalue weighted by atomic mass is 9.80. The number of rotatable bonds is 2. The van der Waals surface area contributed by atoms with Crippen LogP contribution in [0.3, 0.4) is 0 Å². The van der Waals surface area contributed by atoms with E-state index >= 15 is 0 Å². The van der Waals surface area contributed by atoms with Crippen molar-refractivity contribution in [2.45, 2.75) is 24.8 Å². The van der Waals surface area contributed by atoms with Crippen LogP contribution < -0.4 is 10.6 Å². The Bertz CT molecular complexity index is 1190. The van der Waals surface area contributed by atoms with Crippen LogP contribution in [-0.2, 0) is 16.0 Å². The van der Waals surface area contributed by atoms with E-state index in [1.165, 1.54) is 18.2 Å². The molecule has 0 spiro atoms. The monoisotopic (exact) mass is 399 g/mol. The predicted octanol–water partition coefficient (Wildman–Crippen LogP) is 2.90. The fourth-order valence-corrected chi connectivity index (χ4v) is 4.34. The molecule has 3 aromatic rings. The molecule has 0 radical (unpaired) electrons. The van der Waals surface area contributed by atoms with E-state index in [0.717, 1.165) is 6.07 Å². The molecule has 1 aliphatic carbocycles. The average molecular weight is 399 g/mol. The van der Waals surface area contributed by atoms with Crippen LogP contribution in [0.5, 0.6) is 0 Å². The number of aromatic amines is 1. The van der Waals surface area contributed by atoms with E-state index in [4.69, 9.17) is 0 Å². The molecule has 2 aliphatic rings. The lowest BCUT2D eigenvalue weighted by molar-refractivity contribution is -0.128. The third kappa shape index (κ3) is 2.78. The first-order valence-electron chi connectivity index (χ1n) is 9.30. The number of aromatic nitrogens is 1. The second-order valence-corrected chi connectivity index (χ2v) is 7.42. The number of carbonyl (C=O) groups excluding carboxylic acids is 2. The van der Waals surface area contributed by atoms with Gasteiger partial charge in [0.25, 0.3) is 0 Å². The van der Waals surface area contributed by atoms with Crippen molar-refractivity contribution in [1.82, 2.24) is 15.6 Å². The Morgan fingerprint density at radius 2 is 1.93 bits per heavy atom. The van der Waals surface area contributed by atoms with Gasteiger partial charge < -0.3 is 15.6 Å². The van der Waals surface area contributed by atoms with Gasteiger partial charge in [-0.25, -0.2) is 13.2 Å². The van der Waals surface area contributed by atoms with Gasteiger partial charge in [0.2, 0.25) is 11.8 Å². The number of carbonyl (C=O) groups is 2. The standard InChI is InChI=1S/C21H16F3N3O2/c22-10-1-2-12-9(5-10)6-14(20(28)26-16-3-4-25-21(16)29)17-13-7-11(23)8-15(24)18(13)27-19(12)17/h1-2,5,7-8,14,16,27H,3-4,6H2,(H,25,29)(H,26,28)/t14?,16-/m0/s1.